The van der Waals surface area contributed by atoms with Crippen LogP contribution in [0.1, 0.15) is 40.9 Å². The fourth-order valence-electron chi connectivity index (χ4n) is 3.55. The molecule has 0 atom stereocenters. The molecular formula is C26H24O3. The number of allylic oxidation sites excluding steroid dienone is 1. The number of hydrogen-bond donors (Lipinski definition) is 0. The fourth-order valence-corrected chi connectivity index (χ4v) is 3.55. The smallest absolute Gasteiger partial charge is 0.189 e. The molecule has 0 saturated heterocycles. The topological polar surface area (TPSA) is 35.5 Å². The lowest BCUT2D eigenvalue weighted by Gasteiger charge is -2.16. The zero-order valence-corrected chi connectivity index (χ0v) is 16.7. The molecule has 3 heteroatoms. The molecule has 29 heavy (non-hydrogen) atoms. The lowest BCUT2D eigenvalue weighted by atomic mass is 9.97. The molecule has 3 aromatic carbocycles. The number of fused-ring (bicyclic) bond motifs is 1. The van der Waals surface area contributed by atoms with E-state index in [1.165, 1.54) is 0 Å². The monoisotopic (exact) mass is 384 g/mol. The molecule has 0 fully saturated rings. The molecule has 4 rings (SSSR count). The Morgan fingerprint density at radius 3 is 2.41 bits per heavy atom. The first-order chi connectivity index (χ1) is 14.0. The number of ketones is 1. The summed E-state index contributed by atoms with van der Waals surface area (Å²) in [4.78, 5) is 13.0. The van der Waals surface area contributed by atoms with Crippen LogP contribution in [0.4, 0.5) is 0 Å². The van der Waals surface area contributed by atoms with Gasteiger partial charge in [0.15, 0.2) is 5.78 Å². The molecule has 0 amide bonds. The van der Waals surface area contributed by atoms with Crippen molar-refractivity contribution < 1.29 is 14.3 Å². The minimum atomic E-state index is -0.311. The zero-order chi connectivity index (χ0) is 20.3. The van der Waals surface area contributed by atoms with E-state index in [0.717, 1.165) is 22.4 Å². The second-order valence-corrected chi connectivity index (χ2v) is 7.84. The second-order valence-electron chi connectivity index (χ2n) is 7.84. The fraction of sp³-hybridized carbons (Fsp3) is 0.192. The molecule has 0 saturated carbocycles. The third-order valence-corrected chi connectivity index (χ3v) is 4.92. The van der Waals surface area contributed by atoms with E-state index in [-0.39, 0.29) is 11.4 Å². The molecule has 0 aliphatic carbocycles. The van der Waals surface area contributed by atoms with Crippen molar-refractivity contribution in [2.75, 3.05) is 0 Å². The molecule has 1 aliphatic rings. The van der Waals surface area contributed by atoms with Crippen molar-refractivity contribution >= 4 is 11.9 Å². The predicted octanol–water partition coefficient (Wildman–Crippen LogP) is 5.88. The summed E-state index contributed by atoms with van der Waals surface area (Å²) < 4.78 is 12.2. The standard InChI is InChI=1S/C26H24O3/c1-26(2)17-22-24(29-26)16-14-21(23(27)15-13-19-9-5-3-6-10-19)25(22)28-18-20-11-7-4-8-12-20/h3-16H,17-18H2,1-2H3/b15-13+. The Balaban J connectivity index is 1.66. The Hall–Kier alpha value is -3.33. The summed E-state index contributed by atoms with van der Waals surface area (Å²) >= 11 is 0. The van der Waals surface area contributed by atoms with Crippen molar-refractivity contribution in [3.63, 3.8) is 0 Å². The van der Waals surface area contributed by atoms with Gasteiger partial charge < -0.3 is 9.47 Å². The quantitative estimate of drug-likeness (QED) is 0.393. The molecular weight excluding hydrogens is 360 g/mol. The second kappa shape index (κ2) is 7.96. The average molecular weight is 384 g/mol. The highest BCUT2D eigenvalue weighted by Crippen LogP contribution is 2.42. The third kappa shape index (κ3) is 4.40. The van der Waals surface area contributed by atoms with Crippen LogP contribution in [0.2, 0.25) is 0 Å². The number of carbonyl (C=O) groups is 1. The Morgan fingerprint density at radius 1 is 1.00 bits per heavy atom. The van der Waals surface area contributed by atoms with Gasteiger partial charge in [0.25, 0.3) is 0 Å². The number of ether oxygens (including phenoxy) is 2. The van der Waals surface area contributed by atoms with Crippen LogP contribution in [0.25, 0.3) is 6.08 Å². The molecule has 0 spiro atoms. The van der Waals surface area contributed by atoms with Gasteiger partial charge in [-0.15, -0.1) is 0 Å². The van der Waals surface area contributed by atoms with Crippen LogP contribution in [-0.2, 0) is 13.0 Å². The lowest BCUT2D eigenvalue weighted by Crippen LogP contribution is -2.24. The van der Waals surface area contributed by atoms with Crippen LogP contribution >= 0.6 is 0 Å². The first-order valence-corrected chi connectivity index (χ1v) is 9.81. The summed E-state index contributed by atoms with van der Waals surface area (Å²) in [5, 5.41) is 0. The molecule has 1 heterocycles. The van der Waals surface area contributed by atoms with Gasteiger partial charge in [-0.2, -0.15) is 0 Å². The van der Waals surface area contributed by atoms with Gasteiger partial charge in [0, 0.05) is 12.0 Å². The molecule has 0 N–H and O–H groups in total. The van der Waals surface area contributed by atoms with Gasteiger partial charge in [0.1, 0.15) is 23.7 Å². The van der Waals surface area contributed by atoms with E-state index in [2.05, 4.69) is 0 Å². The normalized spacial score (nSPS) is 14.4. The molecule has 3 nitrogen and oxygen atoms in total. The lowest BCUT2D eigenvalue weighted by molar-refractivity contribution is 0.104. The van der Waals surface area contributed by atoms with Crippen molar-refractivity contribution in [1.82, 2.24) is 0 Å². The molecule has 0 bridgehead atoms. The SMILES string of the molecule is CC1(C)Cc2c(ccc(C(=O)/C=C/c3ccccc3)c2OCc2ccccc2)O1. The van der Waals surface area contributed by atoms with Gasteiger partial charge in [-0.1, -0.05) is 66.7 Å². The van der Waals surface area contributed by atoms with Crippen LogP contribution in [0.3, 0.4) is 0 Å². The van der Waals surface area contributed by atoms with Crippen LogP contribution in [0, 0.1) is 0 Å². The highest BCUT2D eigenvalue weighted by atomic mass is 16.5. The van der Waals surface area contributed by atoms with Crippen LogP contribution < -0.4 is 9.47 Å². The molecule has 0 unspecified atom stereocenters. The first-order valence-electron chi connectivity index (χ1n) is 9.81. The summed E-state index contributed by atoms with van der Waals surface area (Å²) in [6, 6.07) is 23.4. The van der Waals surface area contributed by atoms with E-state index in [0.29, 0.717) is 24.3 Å². The zero-order valence-electron chi connectivity index (χ0n) is 16.7. The van der Waals surface area contributed by atoms with Crippen molar-refractivity contribution in [2.24, 2.45) is 0 Å². The number of benzene rings is 3. The van der Waals surface area contributed by atoms with E-state index in [9.17, 15) is 4.79 Å². The summed E-state index contributed by atoms with van der Waals surface area (Å²) in [7, 11) is 0. The van der Waals surface area contributed by atoms with E-state index in [1.54, 1.807) is 12.1 Å². The van der Waals surface area contributed by atoms with Gasteiger partial charge in [0.2, 0.25) is 0 Å². The van der Waals surface area contributed by atoms with Gasteiger partial charge in [-0.05, 0) is 43.2 Å². The van der Waals surface area contributed by atoms with Crippen LogP contribution in [0.5, 0.6) is 11.5 Å². The Kier molecular flexibility index (Phi) is 5.22. The predicted molar refractivity (Wildman–Crippen MR) is 115 cm³/mol. The van der Waals surface area contributed by atoms with Gasteiger partial charge in [-0.3, -0.25) is 4.79 Å². The molecule has 3 aromatic rings. The number of hydrogen-bond acceptors (Lipinski definition) is 3. The Bertz CT molecular complexity index is 1030. The summed E-state index contributed by atoms with van der Waals surface area (Å²) in [5.41, 5.74) is 3.26. The summed E-state index contributed by atoms with van der Waals surface area (Å²) in [5.74, 6) is 1.34. The first kappa shape index (κ1) is 19.0. The van der Waals surface area contributed by atoms with E-state index in [4.69, 9.17) is 9.47 Å². The maximum atomic E-state index is 13.0. The van der Waals surface area contributed by atoms with Crippen LogP contribution in [-0.4, -0.2) is 11.4 Å². The molecule has 1 aliphatic heterocycles. The minimum absolute atomic E-state index is 0.0792. The molecule has 0 radical (unpaired) electrons. The van der Waals surface area contributed by atoms with Crippen molar-refractivity contribution in [2.45, 2.75) is 32.5 Å². The highest BCUT2D eigenvalue weighted by molar-refractivity contribution is 6.09. The maximum Gasteiger partial charge on any atom is 0.189 e. The minimum Gasteiger partial charge on any atom is -0.488 e. The van der Waals surface area contributed by atoms with E-state index in [1.807, 2.05) is 86.7 Å². The van der Waals surface area contributed by atoms with E-state index >= 15 is 0 Å². The summed E-state index contributed by atoms with van der Waals surface area (Å²) in [6.07, 6.45) is 4.14. The van der Waals surface area contributed by atoms with E-state index < -0.39 is 0 Å². The summed E-state index contributed by atoms with van der Waals surface area (Å²) in [6.45, 7) is 4.50. The Morgan fingerprint density at radius 2 is 1.69 bits per heavy atom. The molecule has 146 valence electrons. The number of rotatable bonds is 6. The molecule has 0 aromatic heterocycles. The van der Waals surface area contributed by atoms with Crippen molar-refractivity contribution in [3.05, 3.63) is 101 Å². The number of carbonyl (C=O) groups excluding carboxylic acids is 1. The Labute approximate surface area is 171 Å². The average Bonchev–Trinajstić information content (AvgIpc) is 3.06. The maximum absolute atomic E-state index is 13.0. The highest BCUT2D eigenvalue weighted by Gasteiger charge is 2.34. The largest absolute Gasteiger partial charge is 0.488 e. The third-order valence-electron chi connectivity index (χ3n) is 4.92. The van der Waals surface area contributed by atoms with Crippen LogP contribution in [0.15, 0.2) is 78.9 Å². The van der Waals surface area contributed by atoms with Gasteiger partial charge >= 0.3 is 0 Å². The van der Waals surface area contributed by atoms with Crippen molar-refractivity contribution in [3.8, 4) is 11.5 Å². The van der Waals surface area contributed by atoms with Crippen molar-refractivity contribution in [1.29, 1.82) is 0 Å². The van der Waals surface area contributed by atoms with Gasteiger partial charge in [0.05, 0.1) is 5.56 Å². The van der Waals surface area contributed by atoms with Gasteiger partial charge in [-0.25, -0.2) is 0 Å².